The third-order valence-electron chi connectivity index (χ3n) is 6.29. The first-order valence-electron chi connectivity index (χ1n) is 11.7. The monoisotopic (exact) mass is 480 g/mol. The molecule has 3 aromatic carbocycles. The van der Waals surface area contributed by atoms with Crippen molar-refractivity contribution in [3.63, 3.8) is 0 Å². The second-order valence-corrected chi connectivity index (χ2v) is 8.84. The summed E-state index contributed by atoms with van der Waals surface area (Å²) < 4.78 is 21.9. The molecule has 1 N–H and O–H groups in total. The quantitative estimate of drug-likeness (QED) is 0.295. The molecule has 2 heterocycles. The lowest BCUT2D eigenvalue weighted by molar-refractivity contribution is 0.463. The van der Waals surface area contributed by atoms with E-state index in [9.17, 15) is 14.3 Å². The highest BCUT2D eigenvalue weighted by atomic mass is 19.1. The zero-order valence-electron chi connectivity index (χ0n) is 20.0. The van der Waals surface area contributed by atoms with E-state index in [1.807, 2.05) is 66.1 Å². The van der Waals surface area contributed by atoms with Crippen LogP contribution < -0.4 is 5.43 Å². The van der Waals surface area contributed by atoms with Crippen molar-refractivity contribution in [1.82, 2.24) is 9.55 Å². The topological polar surface area (TPSA) is 68.3 Å². The third kappa shape index (κ3) is 4.58. The van der Waals surface area contributed by atoms with Gasteiger partial charge in [0.2, 0.25) is 11.3 Å². The first-order chi connectivity index (χ1) is 17.4. The molecule has 0 amide bonds. The van der Waals surface area contributed by atoms with Crippen molar-refractivity contribution in [1.29, 1.82) is 0 Å². The number of benzene rings is 3. The summed E-state index contributed by atoms with van der Waals surface area (Å²) >= 11 is 0. The van der Waals surface area contributed by atoms with Gasteiger partial charge in [0.05, 0.1) is 17.5 Å². The van der Waals surface area contributed by atoms with Gasteiger partial charge in [-0.15, -0.1) is 0 Å². The van der Waals surface area contributed by atoms with E-state index in [2.05, 4.69) is 4.98 Å². The Kier molecular flexibility index (Phi) is 6.25. The first-order valence-corrected chi connectivity index (χ1v) is 11.7. The fraction of sp³-hybridized carbons (Fsp3) is 0.133. The lowest BCUT2D eigenvalue weighted by Crippen LogP contribution is -2.15. The van der Waals surface area contributed by atoms with Gasteiger partial charge >= 0.3 is 0 Å². The van der Waals surface area contributed by atoms with E-state index in [0.717, 1.165) is 22.5 Å². The van der Waals surface area contributed by atoms with Gasteiger partial charge in [0, 0.05) is 29.8 Å². The highest BCUT2D eigenvalue weighted by Gasteiger charge is 2.20. The van der Waals surface area contributed by atoms with Crippen molar-refractivity contribution >= 4 is 0 Å². The normalized spacial score (nSPS) is 12.0. The largest absolute Gasteiger partial charge is 0.503 e. The Morgan fingerprint density at radius 1 is 0.972 bits per heavy atom. The molecule has 0 aliphatic carbocycles. The zero-order chi connectivity index (χ0) is 25.2. The molecule has 2 aromatic heterocycles. The van der Waals surface area contributed by atoms with Crippen LogP contribution in [0.15, 0.2) is 100 Å². The van der Waals surface area contributed by atoms with Crippen molar-refractivity contribution < 1.29 is 13.9 Å². The minimum Gasteiger partial charge on any atom is -0.503 e. The van der Waals surface area contributed by atoms with E-state index in [1.165, 1.54) is 18.3 Å². The van der Waals surface area contributed by atoms with Crippen LogP contribution in [0.4, 0.5) is 4.39 Å². The van der Waals surface area contributed by atoms with Crippen LogP contribution in [0.25, 0.3) is 28.3 Å². The van der Waals surface area contributed by atoms with Gasteiger partial charge in [0.15, 0.2) is 5.75 Å². The molecule has 0 fully saturated rings. The molecule has 0 aliphatic rings. The average Bonchev–Trinajstić information content (AvgIpc) is 3.25. The maximum absolute atomic E-state index is 14.3. The van der Waals surface area contributed by atoms with Gasteiger partial charge < -0.3 is 14.1 Å². The molecule has 6 heteroatoms. The molecule has 36 heavy (non-hydrogen) atoms. The lowest BCUT2D eigenvalue weighted by atomic mass is 9.99. The van der Waals surface area contributed by atoms with E-state index in [1.54, 1.807) is 25.1 Å². The summed E-state index contributed by atoms with van der Waals surface area (Å²) in [5, 5.41) is 10.2. The molecule has 0 saturated carbocycles. The smallest absolute Gasteiger partial charge is 0.229 e. The van der Waals surface area contributed by atoms with Crippen molar-refractivity contribution in [2.24, 2.45) is 0 Å². The Hall–Kier alpha value is -4.45. The number of oxazole rings is 1. The summed E-state index contributed by atoms with van der Waals surface area (Å²) in [5.41, 5.74) is 4.17. The molecule has 1 atom stereocenters. The Bertz CT molecular complexity index is 1590. The standard InChI is InChI=1S/C30H25FN2O3/c1-19(15-26-20(2)36-30(32-26)24-13-6-7-14-25(24)31)27-17-28(34)29(35)18-33(27)23-12-8-11-22(16-23)21-9-4-3-5-10-21/h3-14,16-19,35H,15H2,1-2H3. The van der Waals surface area contributed by atoms with Gasteiger partial charge in [-0.2, -0.15) is 0 Å². The van der Waals surface area contributed by atoms with Crippen LogP contribution in [-0.2, 0) is 6.42 Å². The number of hydrogen-bond donors (Lipinski definition) is 1. The number of aromatic nitrogens is 2. The number of aryl methyl sites for hydroxylation is 1. The second kappa shape index (κ2) is 9.66. The molecule has 5 rings (SSSR count). The van der Waals surface area contributed by atoms with Crippen LogP contribution >= 0.6 is 0 Å². The maximum Gasteiger partial charge on any atom is 0.229 e. The molecule has 0 bridgehead atoms. The molecular weight excluding hydrogens is 455 g/mol. The summed E-state index contributed by atoms with van der Waals surface area (Å²) in [6, 6.07) is 25.7. The van der Waals surface area contributed by atoms with Crippen LogP contribution in [0.1, 0.15) is 30.0 Å². The predicted octanol–water partition coefficient (Wildman–Crippen LogP) is 6.66. The number of hydrogen-bond acceptors (Lipinski definition) is 4. The third-order valence-corrected chi connectivity index (χ3v) is 6.29. The molecular formula is C30H25FN2O3. The zero-order valence-corrected chi connectivity index (χ0v) is 20.0. The van der Waals surface area contributed by atoms with Gasteiger partial charge in [-0.3, -0.25) is 4.79 Å². The second-order valence-electron chi connectivity index (χ2n) is 8.84. The highest BCUT2D eigenvalue weighted by Crippen LogP contribution is 2.30. The van der Waals surface area contributed by atoms with Crippen molar-refractivity contribution in [3.8, 4) is 34.0 Å². The Balaban J connectivity index is 1.52. The number of nitrogens with zero attached hydrogens (tertiary/aromatic N) is 2. The van der Waals surface area contributed by atoms with Crippen LogP contribution in [0.3, 0.4) is 0 Å². The molecule has 1 unspecified atom stereocenters. The fourth-order valence-corrected chi connectivity index (χ4v) is 4.37. The molecule has 180 valence electrons. The van der Waals surface area contributed by atoms with Crippen molar-refractivity contribution in [2.45, 2.75) is 26.2 Å². The SMILES string of the molecule is Cc1oc(-c2ccccc2F)nc1CC(C)c1cc(=O)c(O)cn1-c1cccc(-c2ccccc2)c1. The number of rotatable bonds is 6. The highest BCUT2D eigenvalue weighted by molar-refractivity contribution is 5.66. The summed E-state index contributed by atoms with van der Waals surface area (Å²) in [7, 11) is 0. The molecule has 0 aliphatic heterocycles. The lowest BCUT2D eigenvalue weighted by Gasteiger charge is -2.19. The van der Waals surface area contributed by atoms with Crippen LogP contribution in [0.2, 0.25) is 0 Å². The molecule has 5 aromatic rings. The fourth-order valence-electron chi connectivity index (χ4n) is 4.37. The van der Waals surface area contributed by atoms with Gasteiger partial charge in [0.25, 0.3) is 0 Å². The molecule has 0 saturated heterocycles. The van der Waals surface area contributed by atoms with Crippen molar-refractivity contribution in [3.05, 3.63) is 124 Å². The maximum atomic E-state index is 14.3. The Morgan fingerprint density at radius 3 is 2.47 bits per heavy atom. The van der Waals surface area contributed by atoms with Gasteiger partial charge in [-0.1, -0.05) is 61.5 Å². The number of aromatic hydroxyl groups is 1. The van der Waals surface area contributed by atoms with E-state index in [0.29, 0.717) is 23.4 Å². The summed E-state index contributed by atoms with van der Waals surface area (Å²) in [6.07, 6.45) is 1.92. The van der Waals surface area contributed by atoms with Crippen LogP contribution in [0.5, 0.6) is 5.75 Å². The van der Waals surface area contributed by atoms with E-state index >= 15 is 0 Å². The Labute approximate surface area is 208 Å². The first kappa shape index (κ1) is 23.3. The molecule has 0 radical (unpaired) electrons. The van der Waals surface area contributed by atoms with Gasteiger partial charge in [-0.25, -0.2) is 9.37 Å². The Morgan fingerprint density at radius 2 is 1.69 bits per heavy atom. The van der Waals surface area contributed by atoms with E-state index in [-0.39, 0.29) is 17.6 Å². The van der Waals surface area contributed by atoms with E-state index < -0.39 is 11.2 Å². The van der Waals surface area contributed by atoms with Crippen LogP contribution in [-0.4, -0.2) is 14.7 Å². The molecule has 0 spiro atoms. The number of halogens is 1. The minimum absolute atomic E-state index is 0.157. The summed E-state index contributed by atoms with van der Waals surface area (Å²) in [5.74, 6) is -0.0548. The van der Waals surface area contributed by atoms with E-state index in [4.69, 9.17) is 4.42 Å². The summed E-state index contributed by atoms with van der Waals surface area (Å²) in [6.45, 7) is 3.78. The van der Waals surface area contributed by atoms with Crippen molar-refractivity contribution in [2.75, 3.05) is 0 Å². The predicted molar refractivity (Wildman–Crippen MR) is 138 cm³/mol. The van der Waals surface area contributed by atoms with Crippen LogP contribution in [0, 0.1) is 12.7 Å². The van der Waals surface area contributed by atoms with Gasteiger partial charge in [0.1, 0.15) is 11.6 Å². The minimum atomic E-state index is -0.448. The molecule has 5 nitrogen and oxygen atoms in total. The summed E-state index contributed by atoms with van der Waals surface area (Å²) in [4.78, 5) is 17.0. The van der Waals surface area contributed by atoms with Gasteiger partial charge in [-0.05, 0) is 42.3 Å². The number of pyridine rings is 1. The average molecular weight is 481 g/mol.